The lowest BCUT2D eigenvalue weighted by Gasteiger charge is -2.45. The van der Waals surface area contributed by atoms with Gasteiger partial charge in [-0.2, -0.15) is 13.2 Å². The highest BCUT2D eigenvalue weighted by Crippen LogP contribution is 2.31. The van der Waals surface area contributed by atoms with Gasteiger partial charge < -0.3 is 25.8 Å². The second-order valence-corrected chi connectivity index (χ2v) is 9.05. The Morgan fingerprint density at radius 1 is 1.29 bits per heavy atom. The van der Waals surface area contributed by atoms with Crippen LogP contribution in [0.25, 0.3) is 0 Å². The van der Waals surface area contributed by atoms with Gasteiger partial charge in [-0.05, 0) is 37.0 Å². The number of aliphatic carboxylic acids is 1. The van der Waals surface area contributed by atoms with Gasteiger partial charge in [-0.15, -0.1) is 0 Å². The van der Waals surface area contributed by atoms with Crippen LogP contribution in [-0.4, -0.2) is 72.4 Å². The lowest BCUT2D eigenvalue weighted by Crippen LogP contribution is -2.64. The number of hydrogen-bond donors (Lipinski definition) is 3. The molecule has 0 radical (unpaired) electrons. The van der Waals surface area contributed by atoms with Crippen molar-refractivity contribution in [3.05, 3.63) is 34.9 Å². The van der Waals surface area contributed by atoms with E-state index in [2.05, 4.69) is 5.32 Å². The number of ether oxygens (including phenoxy) is 1. The van der Waals surface area contributed by atoms with Crippen molar-refractivity contribution in [1.29, 1.82) is 0 Å². The maximum atomic E-state index is 13.0. The molecule has 1 fully saturated rings. The summed E-state index contributed by atoms with van der Waals surface area (Å²) in [5.41, 5.74) is 5.63. The van der Waals surface area contributed by atoms with Gasteiger partial charge in [0.1, 0.15) is 6.04 Å². The quantitative estimate of drug-likeness (QED) is 0.447. The molecule has 0 aliphatic carbocycles. The molecule has 190 valence electrons. The molecule has 2 amide bonds. The fraction of sp³-hybridized carbons (Fsp3) is 0.591. The molecule has 1 aliphatic heterocycles. The zero-order valence-corrected chi connectivity index (χ0v) is 19.5. The van der Waals surface area contributed by atoms with Crippen LogP contribution in [0.3, 0.4) is 0 Å². The van der Waals surface area contributed by atoms with E-state index >= 15 is 0 Å². The molecule has 0 saturated carbocycles. The van der Waals surface area contributed by atoms with E-state index in [-0.39, 0.29) is 26.1 Å². The summed E-state index contributed by atoms with van der Waals surface area (Å²) >= 11 is 5.95. The average Bonchev–Trinajstić information content (AvgIpc) is 2.73. The van der Waals surface area contributed by atoms with Gasteiger partial charge in [0.05, 0.1) is 30.9 Å². The minimum atomic E-state index is -4.70. The Morgan fingerprint density at radius 3 is 2.50 bits per heavy atom. The van der Waals surface area contributed by atoms with E-state index in [0.717, 1.165) is 5.56 Å². The third kappa shape index (κ3) is 8.44. The first kappa shape index (κ1) is 27.9. The zero-order valence-electron chi connectivity index (χ0n) is 18.7. The number of piperidine rings is 1. The number of nitrogens with zero attached hydrogens (tertiary/aromatic N) is 1. The number of carbonyl (C=O) groups is 3. The molecule has 1 aromatic rings. The number of nitrogens with two attached hydrogens (primary N) is 1. The Labute approximate surface area is 200 Å². The number of carboxylic acids is 1. The summed E-state index contributed by atoms with van der Waals surface area (Å²) in [7, 11) is 1.39. The van der Waals surface area contributed by atoms with Crippen LogP contribution in [0.5, 0.6) is 0 Å². The topological polar surface area (TPSA) is 122 Å². The van der Waals surface area contributed by atoms with E-state index in [1.165, 1.54) is 12.0 Å². The van der Waals surface area contributed by atoms with Crippen molar-refractivity contribution in [2.45, 2.75) is 49.9 Å². The zero-order chi connectivity index (χ0) is 25.5. The second kappa shape index (κ2) is 11.9. The molecule has 1 saturated heterocycles. The van der Waals surface area contributed by atoms with Crippen LogP contribution < -0.4 is 11.1 Å². The number of carboxylic acid groups (broad SMARTS) is 1. The van der Waals surface area contributed by atoms with E-state index in [9.17, 15) is 27.6 Å². The van der Waals surface area contributed by atoms with Gasteiger partial charge >= 0.3 is 12.1 Å². The van der Waals surface area contributed by atoms with Gasteiger partial charge in [0.2, 0.25) is 11.8 Å². The smallest absolute Gasteiger partial charge is 0.389 e. The van der Waals surface area contributed by atoms with Gasteiger partial charge in [0.15, 0.2) is 0 Å². The molecule has 3 atom stereocenters. The first-order valence-corrected chi connectivity index (χ1v) is 11.1. The van der Waals surface area contributed by atoms with E-state index < -0.39 is 54.3 Å². The highest BCUT2D eigenvalue weighted by atomic mass is 35.5. The number of benzene rings is 1. The van der Waals surface area contributed by atoms with Crippen LogP contribution >= 0.6 is 11.6 Å². The molecule has 3 unspecified atom stereocenters. The van der Waals surface area contributed by atoms with Crippen molar-refractivity contribution in [1.82, 2.24) is 10.2 Å². The number of rotatable bonds is 10. The number of halogens is 4. The lowest BCUT2D eigenvalue weighted by atomic mass is 9.82. The maximum Gasteiger partial charge on any atom is 0.389 e. The standard InChI is InChI=1S/C22H29ClF3N3O5/c1-34-12-17(27)19(32)28-21(10-14-3-5-16(23)6-4-14)7-2-8-29(13-21)20(33)15(9-18(30)31)11-22(24,25)26/h3-6,15,17H,2,7-13,27H2,1H3,(H,28,32)(H,30,31). The van der Waals surface area contributed by atoms with Crippen molar-refractivity contribution in [3.8, 4) is 0 Å². The Bertz CT molecular complexity index is 868. The summed E-state index contributed by atoms with van der Waals surface area (Å²) < 4.78 is 44.0. The first-order chi connectivity index (χ1) is 15.8. The number of methoxy groups -OCH3 is 1. The number of likely N-dealkylation sites (tertiary alicyclic amines) is 1. The average molecular weight is 508 g/mol. The van der Waals surface area contributed by atoms with Crippen LogP contribution in [0.15, 0.2) is 24.3 Å². The number of alkyl halides is 3. The second-order valence-electron chi connectivity index (χ2n) is 8.61. The van der Waals surface area contributed by atoms with E-state index in [0.29, 0.717) is 17.9 Å². The third-order valence-corrected chi connectivity index (χ3v) is 5.92. The van der Waals surface area contributed by atoms with Gasteiger partial charge in [-0.25, -0.2) is 0 Å². The Kier molecular flexibility index (Phi) is 9.72. The van der Waals surface area contributed by atoms with Crippen LogP contribution in [0, 0.1) is 5.92 Å². The minimum absolute atomic E-state index is 0.0439. The fourth-order valence-electron chi connectivity index (χ4n) is 4.21. The van der Waals surface area contributed by atoms with Gasteiger partial charge in [0.25, 0.3) is 0 Å². The molecule has 12 heteroatoms. The SMILES string of the molecule is COCC(N)C(=O)NC1(Cc2ccc(Cl)cc2)CCCN(C(=O)C(CC(=O)O)CC(F)(F)F)C1. The first-order valence-electron chi connectivity index (χ1n) is 10.7. The van der Waals surface area contributed by atoms with E-state index in [1.807, 2.05) is 0 Å². The van der Waals surface area contributed by atoms with Crippen LogP contribution in [-0.2, 0) is 25.5 Å². The molecule has 0 bridgehead atoms. The summed E-state index contributed by atoms with van der Waals surface area (Å²) in [6.45, 7) is 0.0147. The Hall–Kier alpha value is -2.37. The van der Waals surface area contributed by atoms with Gasteiger partial charge in [-0.3, -0.25) is 14.4 Å². The van der Waals surface area contributed by atoms with Crippen molar-refractivity contribution < 1.29 is 37.4 Å². The molecule has 8 nitrogen and oxygen atoms in total. The molecule has 2 rings (SSSR count). The molecule has 4 N–H and O–H groups in total. The fourth-order valence-corrected chi connectivity index (χ4v) is 4.33. The van der Waals surface area contributed by atoms with Gasteiger partial charge in [-0.1, -0.05) is 23.7 Å². The Morgan fingerprint density at radius 2 is 1.94 bits per heavy atom. The summed E-state index contributed by atoms with van der Waals surface area (Å²) in [6, 6.07) is 5.86. The molecule has 0 aromatic heterocycles. The van der Waals surface area contributed by atoms with Crippen molar-refractivity contribution >= 4 is 29.4 Å². The maximum absolute atomic E-state index is 13.0. The number of amides is 2. The summed E-state index contributed by atoms with van der Waals surface area (Å²) in [5.74, 6) is -4.68. The summed E-state index contributed by atoms with van der Waals surface area (Å²) in [6.07, 6.45) is -6.08. The van der Waals surface area contributed by atoms with Crippen molar-refractivity contribution in [2.75, 3.05) is 26.8 Å². The summed E-state index contributed by atoms with van der Waals surface area (Å²) in [5, 5.41) is 12.4. The van der Waals surface area contributed by atoms with Crippen LogP contribution in [0.4, 0.5) is 13.2 Å². The van der Waals surface area contributed by atoms with E-state index in [1.54, 1.807) is 24.3 Å². The highest BCUT2D eigenvalue weighted by Gasteiger charge is 2.43. The largest absolute Gasteiger partial charge is 0.481 e. The molecular weight excluding hydrogens is 479 g/mol. The van der Waals surface area contributed by atoms with Crippen LogP contribution in [0.1, 0.15) is 31.2 Å². The van der Waals surface area contributed by atoms with Crippen LogP contribution in [0.2, 0.25) is 5.02 Å². The molecule has 1 aromatic carbocycles. The van der Waals surface area contributed by atoms with Crippen molar-refractivity contribution in [2.24, 2.45) is 11.7 Å². The minimum Gasteiger partial charge on any atom is -0.481 e. The normalized spacial score (nSPS) is 20.5. The number of carbonyl (C=O) groups excluding carboxylic acids is 2. The highest BCUT2D eigenvalue weighted by molar-refractivity contribution is 6.30. The van der Waals surface area contributed by atoms with Crippen molar-refractivity contribution in [3.63, 3.8) is 0 Å². The molecular formula is C22H29ClF3N3O5. The molecule has 1 heterocycles. The summed E-state index contributed by atoms with van der Waals surface area (Å²) in [4.78, 5) is 38.1. The number of nitrogens with one attached hydrogen (secondary N) is 1. The Balaban J connectivity index is 2.32. The third-order valence-electron chi connectivity index (χ3n) is 5.66. The predicted octanol–water partition coefficient (Wildman–Crippen LogP) is 2.38. The molecule has 34 heavy (non-hydrogen) atoms. The van der Waals surface area contributed by atoms with E-state index in [4.69, 9.17) is 27.2 Å². The molecule has 1 aliphatic rings. The monoisotopic (exact) mass is 507 g/mol. The number of hydrogen-bond acceptors (Lipinski definition) is 5. The van der Waals surface area contributed by atoms with Gasteiger partial charge in [0, 0.05) is 25.2 Å². The lowest BCUT2D eigenvalue weighted by molar-refractivity contribution is -0.164. The molecule has 0 spiro atoms. The predicted molar refractivity (Wildman–Crippen MR) is 118 cm³/mol.